The highest BCUT2D eigenvalue weighted by molar-refractivity contribution is 8.26. The quantitative estimate of drug-likeness (QED) is 0.480. The van der Waals surface area contributed by atoms with E-state index in [-0.39, 0.29) is 35.9 Å². The Morgan fingerprint density at radius 3 is 2.76 bits per heavy atom. The number of thioether (sulfide) groups is 1. The summed E-state index contributed by atoms with van der Waals surface area (Å²) < 4.78 is 29.1. The van der Waals surface area contributed by atoms with Crippen molar-refractivity contribution >= 4 is 56.0 Å². The van der Waals surface area contributed by atoms with Crippen molar-refractivity contribution < 1.29 is 22.7 Å². The first-order chi connectivity index (χ1) is 13.8. The second kappa shape index (κ2) is 8.85. The molecule has 0 spiro atoms. The fourth-order valence-electron chi connectivity index (χ4n) is 3.45. The van der Waals surface area contributed by atoms with Crippen molar-refractivity contribution in [2.24, 2.45) is 0 Å². The maximum Gasteiger partial charge on any atom is 0.266 e. The molecular formula is C19H22N2O5S3. The number of sulfone groups is 1. The van der Waals surface area contributed by atoms with E-state index in [2.05, 4.69) is 0 Å². The molecule has 2 aliphatic rings. The first-order valence-corrected chi connectivity index (χ1v) is 12.2. The van der Waals surface area contributed by atoms with Gasteiger partial charge >= 0.3 is 0 Å². The fourth-order valence-corrected chi connectivity index (χ4v) is 6.43. The Morgan fingerprint density at radius 2 is 2.14 bits per heavy atom. The summed E-state index contributed by atoms with van der Waals surface area (Å²) in [6.45, 7) is 1.98. The van der Waals surface area contributed by atoms with Crippen molar-refractivity contribution in [2.45, 2.75) is 19.4 Å². The molecule has 1 aromatic carbocycles. The van der Waals surface area contributed by atoms with Gasteiger partial charge in [0.2, 0.25) is 5.91 Å². The third kappa shape index (κ3) is 4.81. The van der Waals surface area contributed by atoms with Gasteiger partial charge in [0.05, 0.1) is 23.5 Å². The molecule has 2 fully saturated rings. The van der Waals surface area contributed by atoms with Crippen LogP contribution in [0.25, 0.3) is 6.08 Å². The van der Waals surface area contributed by atoms with Crippen molar-refractivity contribution in [3.8, 4) is 5.75 Å². The smallest absolute Gasteiger partial charge is 0.266 e. The zero-order valence-corrected chi connectivity index (χ0v) is 18.6. The SMILES string of the molecule is CCN(C(=O)CN1C(=O)/C(=C/c2ccccc2OC)SC1=S)[C@@H]1CCS(=O)(=O)C1. The third-order valence-corrected chi connectivity index (χ3v) is 8.03. The Hall–Kier alpha value is -1.91. The van der Waals surface area contributed by atoms with Crippen LogP contribution in [-0.4, -0.2) is 72.1 Å². The molecule has 29 heavy (non-hydrogen) atoms. The summed E-state index contributed by atoms with van der Waals surface area (Å²) in [5.74, 6) is 0.0512. The number of para-hydroxylation sites is 1. The number of methoxy groups -OCH3 is 1. The van der Waals surface area contributed by atoms with E-state index in [1.165, 1.54) is 9.80 Å². The average molecular weight is 455 g/mol. The van der Waals surface area contributed by atoms with Gasteiger partial charge in [-0.05, 0) is 25.5 Å². The molecule has 0 saturated carbocycles. The molecule has 2 saturated heterocycles. The maximum atomic E-state index is 12.8. The van der Waals surface area contributed by atoms with Crippen molar-refractivity contribution in [3.05, 3.63) is 34.7 Å². The summed E-state index contributed by atoms with van der Waals surface area (Å²) in [7, 11) is -1.55. The van der Waals surface area contributed by atoms with Gasteiger partial charge in [-0.25, -0.2) is 8.42 Å². The molecule has 2 amide bonds. The van der Waals surface area contributed by atoms with Crippen molar-refractivity contribution in [1.82, 2.24) is 9.80 Å². The number of amides is 2. The predicted molar refractivity (Wildman–Crippen MR) is 117 cm³/mol. The molecule has 2 heterocycles. The Morgan fingerprint density at radius 1 is 1.41 bits per heavy atom. The highest BCUT2D eigenvalue weighted by atomic mass is 32.2. The van der Waals surface area contributed by atoms with E-state index < -0.39 is 9.84 Å². The number of thiocarbonyl (C=S) groups is 1. The monoisotopic (exact) mass is 454 g/mol. The van der Waals surface area contributed by atoms with Gasteiger partial charge in [0, 0.05) is 18.2 Å². The molecule has 2 aliphatic heterocycles. The van der Waals surface area contributed by atoms with Gasteiger partial charge in [-0.1, -0.05) is 42.2 Å². The third-order valence-electron chi connectivity index (χ3n) is 4.90. The van der Waals surface area contributed by atoms with Gasteiger partial charge in [0.25, 0.3) is 5.91 Å². The Balaban J connectivity index is 1.74. The van der Waals surface area contributed by atoms with Gasteiger partial charge in [0.1, 0.15) is 16.6 Å². The number of hydrogen-bond acceptors (Lipinski definition) is 7. The molecule has 3 rings (SSSR count). The lowest BCUT2D eigenvalue weighted by atomic mass is 10.2. The first-order valence-electron chi connectivity index (χ1n) is 9.14. The molecule has 10 heteroatoms. The van der Waals surface area contributed by atoms with Gasteiger partial charge in [-0.3, -0.25) is 14.5 Å². The second-order valence-corrected chi connectivity index (χ2v) is 10.7. The molecule has 0 N–H and O–H groups in total. The normalized spacial score (nSPS) is 22.3. The van der Waals surface area contributed by atoms with Crippen LogP contribution >= 0.6 is 24.0 Å². The van der Waals surface area contributed by atoms with E-state index in [1.54, 1.807) is 26.2 Å². The van der Waals surface area contributed by atoms with E-state index in [0.717, 1.165) is 17.3 Å². The summed E-state index contributed by atoms with van der Waals surface area (Å²) in [5.41, 5.74) is 0.744. The molecule has 7 nitrogen and oxygen atoms in total. The summed E-state index contributed by atoms with van der Waals surface area (Å²) >= 11 is 6.45. The number of hydrogen-bond donors (Lipinski definition) is 0. The standard InChI is InChI=1S/C19H22N2O5S3/c1-3-20(14-8-9-29(24,25)12-14)17(22)11-21-18(23)16(28-19(21)27)10-13-6-4-5-7-15(13)26-2/h4-7,10,14H,3,8-9,11-12H2,1-2H3/b16-10-/t14-/m1/s1. The molecular weight excluding hydrogens is 432 g/mol. The lowest BCUT2D eigenvalue weighted by Crippen LogP contribution is -2.47. The number of ether oxygens (including phenoxy) is 1. The van der Waals surface area contributed by atoms with Gasteiger partial charge < -0.3 is 9.64 Å². The van der Waals surface area contributed by atoms with Crippen LogP contribution in [0.3, 0.4) is 0 Å². The van der Waals surface area contributed by atoms with Crippen LogP contribution in [0.15, 0.2) is 29.2 Å². The van der Waals surface area contributed by atoms with E-state index in [0.29, 0.717) is 27.9 Å². The number of benzene rings is 1. The van der Waals surface area contributed by atoms with E-state index in [1.807, 2.05) is 18.2 Å². The predicted octanol–water partition coefficient (Wildman–Crippen LogP) is 1.93. The molecule has 0 aromatic heterocycles. The molecule has 1 aromatic rings. The Bertz CT molecular complexity index is 974. The highest BCUT2D eigenvalue weighted by Gasteiger charge is 2.38. The van der Waals surface area contributed by atoms with Crippen molar-refractivity contribution in [1.29, 1.82) is 0 Å². The molecule has 0 unspecified atom stereocenters. The first kappa shape index (κ1) is 21.8. The van der Waals surface area contributed by atoms with Crippen molar-refractivity contribution in [3.63, 3.8) is 0 Å². The number of rotatable bonds is 6. The number of nitrogens with zero attached hydrogens (tertiary/aromatic N) is 2. The van der Waals surface area contributed by atoms with E-state index >= 15 is 0 Å². The van der Waals surface area contributed by atoms with Crippen LogP contribution in [-0.2, 0) is 19.4 Å². The highest BCUT2D eigenvalue weighted by Crippen LogP contribution is 2.34. The van der Waals surface area contributed by atoms with Crippen LogP contribution < -0.4 is 4.74 Å². The second-order valence-electron chi connectivity index (χ2n) is 6.75. The van der Waals surface area contributed by atoms with Gasteiger partial charge in [-0.15, -0.1) is 0 Å². The molecule has 0 aliphatic carbocycles. The number of carbonyl (C=O) groups excluding carboxylic acids is 2. The molecule has 0 radical (unpaired) electrons. The van der Waals surface area contributed by atoms with E-state index in [9.17, 15) is 18.0 Å². The maximum absolute atomic E-state index is 12.8. The summed E-state index contributed by atoms with van der Waals surface area (Å²) in [6.07, 6.45) is 2.12. The lowest BCUT2D eigenvalue weighted by Gasteiger charge is -2.28. The molecule has 156 valence electrons. The summed E-state index contributed by atoms with van der Waals surface area (Å²) in [6, 6.07) is 6.96. The molecule has 1 atom stereocenters. The Kier molecular flexibility index (Phi) is 6.65. The minimum atomic E-state index is -3.11. The van der Waals surface area contributed by atoms with Gasteiger partial charge in [-0.2, -0.15) is 0 Å². The van der Waals surface area contributed by atoms with Gasteiger partial charge in [0.15, 0.2) is 9.84 Å². The Labute approximate surface area is 180 Å². The topological polar surface area (TPSA) is 84.0 Å². The zero-order chi connectivity index (χ0) is 21.2. The zero-order valence-electron chi connectivity index (χ0n) is 16.2. The number of likely N-dealkylation sites (N-methyl/N-ethyl adjacent to an activating group) is 1. The van der Waals surface area contributed by atoms with Crippen LogP contribution in [0.4, 0.5) is 0 Å². The summed E-state index contributed by atoms with van der Waals surface area (Å²) in [4.78, 5) is 28.9. The molecule has 0 bridgehead atoms. The number of carbonyl (C=O) groups is 2. The fraction of sp³-hybridized carbons (Fsp3) is 0.421. The van der Waals surface area contributed by atoms with Crippen LogP contribution in [0, 0.1) is 0 Å². The van der Waals surface area contributed by atoms with Crippen LogP contribution in [0.5, 0.6) is 5.75 Å². The van der Waals surface area contributed by atoms with Crippen LogP contribution in [0.1, 0.15) is 18.9 Å². The van der Waals surface area contributed by atoms with Crippen molar-refractivity contribution in [2.75, 3.05) is 31.7 Å². The largest absolute Gasteiger partial charge is 0.496 e. The van der Waals surface area contributed by atoms with E-state index in [4.69, 9.17) is 17.0 Å². The summed E-state index contributed by atoms with van der Waals surface area (Å²) in [5, 5.41) is 0. The minimum absolute atomic E-state index is 0.0291. The van der Waals surface area contributed by atoms with Crippen LogP contribution in [0.2, 0.25) is 0 Å². The average Bonchev–Trinajstić information content (AvgIpc) is 3.16. The lowest BCUT2D eigenvalue weighted by molar-refractivity contribution is -0.136. The minimum Gasteiger partial charge on any atom is -0.496 e.